The molecule has 0 aliphatic heterocycles. The molecular formula is C15H12INO. The predicted octanol–water partition coefficient (Wildman–Crippen LogP) is 3.69. The van der Waals surface area contributed by atoms with Crippen LogP contribution in [-0.2, 0) is 0 Å². The van der Waals surface area contributed by atoms with Crippen LogP contribution < -0.4 is 5.32 Å². The van der Waals surface area contributed by atoms with E-state index in [1.54, 1.807) is 12.1 Å². The number of carbonyl (C=O) groups excluding carboxylic acids is 1. The third-order valence-electron chi connectivity index (χ3n) is 2.49. The summed E-state index contributed by atoms with van der Waals surface area (Å²) in [6, 6.07) is 17.0. The minimum Gasteiger partial charge on any atom is -0.322 e. The Balaban J connectivity index is 2.08. The topological polar surface area (TPSA) is 29.1 Å². The van der Waals surface area contributed by atoms with Crippen LogP contribution in [0.15, 0.2) is 61.2 Å². The monoisotopic (exact) mass is 349 g/mol. The van der Waals surface area contributed by atoms with Crippen molar-refractivity contribution < 1.29 is 4.79 Å². The van der Waals surface area contributed by atoms with Gasteiger partial charge in [-0.05, 0) is 52.4 Å². The molecule has 2 nitrogen and oxygen atoms in total. The van der Waals surface area contributed by atoms with E-state index < -0.39 is 0 Å². The van der Waals surface area contributed by atoms with Gasteiger partial charge in [-0.25, -0.2) is 0 Å². The summed E-state index contributed by atoms with van der Waals surface area (Å²) in [6.07, 6.45) is 0. The summed E-state index contributed by atoms with van der Waals surface area (Å²) < 4.78 is 1.10. The molecule has 0 radical (unpaired) electrons. The molecule has 0 saturated carbocycles. The molecule has 1 amide bonds. The lowest BCUT2D eigenvalue weighted by Crippen LogP contribution is -2.21. The third kappa shape index (κ3) is 3.20. The number of hydrogen-bond acceptors (Lipinski definition) is 1. The van der Waals surface area contributed by atoms with E-state index in [1.165, 1.54) is 0 Å². The van der Waals surface area contributed by atoms with Crippen molar-refractivity contribution >= 4 is 34.2 Å². The van der Waals surface area contributed by atoms with Crippen molar-refractivity contribution in [2.75, 3.05) is 0 Å². The number of hydrogen-bond donors (Lipinski definition) is 1. The zero-order valence-electron chi connectivity index (χ0n) is 9.69. The second-order valence-electron chi connectivity index (χ2n) is 3.81. The summed E-state index contributed by atoms with van der Waals surface area (Å²) in [5.74, 6) is -0.139. The predicted molar refractivity (Wildman–Crippen MR) is 82.1 cm³/mol. The highest BCUT2D eigenvalue weighted by Gasteiger charge is 2.07. The van der Waals surface area contributed by atoms with Crippen LogP contribution in [0.3, 0.4) is 0 Å². The first-order valence-electron chi connectivity index (χ1n) is 5.48. The zero-order chi connectivity index (χ0) is 13.0. The number of amides is 1. The number of nitrogens with one attached hydrogen (secondary N) is 1. The molecule has 0 aromatic heterocycles. The maximum Gasteiger partial charge on any atom is 0.255 e. The van der Waals surface area contributed by atoms with Crippen LogP contribution in [0.5, 0.6) is 0 Å². The lowest BCUT2D eigenvalue weighted by molar-refractivity contribution is 0.0974. The Hall–Kier alpha value is -1.62. The van der Waals surface area contributed by atoms with Gasteiger partial charge in [-0.2, -0.15) is 0 Å². The van der Waals surface area contributed by atoms with Crippen LogP contribution in [0.25, 0.3) is 5.70 Å². The van der Waals surface area contributed by atoms with Gasteiger partial charge in [-0.1, -0.05) is 36.9 Å². The van der Waals surface area contributed by atoms with Crippen LogP contribution in [0, 0.1) is 3.57 Å². The van der Waals surface area contributed by atoms with Gasteiger partial charge in [-0.15, -0.1) is 0 Å². The molecule has 0 saturated heterocycles. The Bertz CT molecular complexity index is 561. The largest absolute Gasteiger partial charge is 0.322 e. The molecule has 0 bridgehead atoms. The van der Waals surface area contributed by atoms with Crippen molar-refractivity contribution in [2.24, 2.45) is 0 Å². The van der Waals surface area contributed by atoms with Gasteiger partial charge in [0.05, 0.1) is 0 Å². The number of carbonyl (C=O) groups is 1. The molecule has 2 rings (SSSR count). The first-order valence-corrected chi connectivity index (χ1v) is 6.56. The summed E-state index contributed by atoms with van der Waals surface area (Å²) in [5, 5.41) is 2.80. The van der Waals surface area contributed by atoms with Crippen molar-refractivity contribution in [3.05, 3.63) is 75.9 Å². The number of rotatable bonds is 3. The average Bonchev–Trinajstić information content (AvgIpc) is 2.40. The van der Waals surface area contributed by atoms with Crippen LogP contribution in [0.4, 0.5) is 0 Å². The van der Waals surface area contributed by atoms with E-state index in [-0.39, 0.29) is 5.91 Å². The molecule has 0 fully saturated rings. The summed E-state index contributed by atoms with van der Waals surface area (Å²) in [5.41, 5.74) is 2.16. The van der Waals surface area contributed by atoms with Crippen molar-refractivity contribution in [1.29, 1.82) is 0 Å². The normalized spacial score (nSPS) is 9.83. The van der Waals surface area contributed by atoms with Gasteiger partial charge in [0.15, 0.2) is 0 Å². The van der Waals surface area contributed by atoms with E-state index in [2.05, 4.69) is 34.5 Å². The summed E-state index contributed by atoms with van der Waals surface area (Å²) in [7, 11) is 0. The lowest BCUT2D eigenvalue weighted by Gasteiger charge is -2.08. The van der Waals surface area contributed by atoms with E-state index in [4.69, 9.17) is 0 Å². The Labute approximate surface area is 120 Å². The highest BCUT2D eigenvalue weighted by molar-refractivity contribution is 14.1. The van der Waals surface area contributed by atoms with E-state index in [9.17, 15) is 4.79 Å². The minimum atomic E-state index is -0.139. The van der Waals surface area contributed by atoms with E-state index >= 15 is 0 Å². The van der Waals surface area contributed by atoms with Gasteiger partial charge in [0.25, 0.3) is 5.91 Å². The van der Waals surface area contributed by atoms with Crippen molar-refractivity contribution in [2.45, 2.75) is 0 Å². The maximum atomic E-state index is 12.0. The van der Waals surface area contributed by atoms with Crippen LogP contribution in [0.1, 0.15) is 15.9 Å². The molecule has 0 spiro atoms. The number of halogens is 1. The van der Waals surface area contributed by atoms with Gasteiger partial charge < -0.3 is 5.32 Å². The molecular weight excluding hydrogens is 337 g/mol. The zero-order valence-corrected chi connectivity index (χ0v) is 11.8. The highest BCUT2D eigenvalue weighted by Crippen LogP contribution is 2.11. The lowest BCUT2D eigenvalue weighted by atomic mass is 10.1. The molecule has 2 aromatic carbocycles. The van der Waals surface area contributed by atoms with E-state index in [0.717, 1.165) is 9.13 Å². The third-order valence-corrected chi connectivity index (χ3v) is 3.21. The van der Waals surface area contributed by atoms with Crippen molar-refractivity contribution in [3.63, 3.8) is 0 Å². The van der Waals surface area contributed by atoms with Crippen LogP contribution in [0.2, 0.25) is 0 Å². The standard InChI is InChI=1S/C15H12INO/c1-11(12-5-3-2-4-6-12)17-15(18)13-7-9-14(16)10-8-13/h2-10H,1H2,(H,17,18). The number of benzene rings is 2. The highest BCUT2D eigenvalue weighted by atomic mass is 127. The van der Waals surface area contributed by atoms with Crippen LogP contribution >= 0.6 is 22.6 Å². The second-order valence-corrected chi connectivity index (χ2v) is 5.05. The smallest absolute Gasteiger partial charge is 0.255 e. The molecule has 0 heterocycles. The average molecular weight is 349 g/mol. The summed E-state index contributed by atoms with van der Waals surface area (Å²) in [6.45, 7) is 3.87. The Morgan fingerprint density at radius 3 is 2.17 bits per heavy atom. The second kappa shape index (κ2) is 5.82. The van der Waals surface area contributed by atoms with E-state index in [1.807, 2.05) is 42.5 Å². The first-order chi connectivity index (χ1) is 8.66. The minimum absolute atomic E-state index is 0.139. The Morgan fingerprint density at radius 2 is 1.56 bits per heavy atom. The summed E-state index contributed by atoms with van der Waals surface area (Å²) >= 11 is 2.21. The Morgan fingerprint density at radius 1 is 0.944 bits per heavy atom. The van der Waals surface area contributed by atoms with E-state index in [0.29, 0.717) is 11.3 Å². The fourth-order valence-electron chi connectivity index (χ4n) is 1.52. The maximum absolute atomic E-state index is 12.0. The van der Waals surface area contributed by atoms with Crippen molar-refractivity contribution in [3.8, 4) is 0 Å². The van der Waals surface area contributed by atoms with Crippen LogP contribution in [-0.4, -0.2) is 5.91 Å². The molecule has 3 heteroatoms. The van der Waals surface area contributed by atoms with Gasteiger partial charge in [-0.3, -0.25) is 4.79 Å². The van der Waals surface area contributed by atoms with Gasteiger partial charge >= 0.3 is 0 Å². The molecule has 0 aliphatic rings. The molecule has 18 heavy (non-hydrogen) atoms. The molecule has 1 N–H and O–H groups in total. The molecule has 90 valence electrons. The Kier molecular flexibility index (Phi) is 4.15. The fraction of sp³-hybridized carbons (Fsp3) is 0. The van der Waals surface area contributed by atoms with Gasteiger partial charge in [0.1, 0.15) is 0 Å². The fourth-order valence-corrected chi connectivity index (χ4v) is 1.88. The molecule has 0 aliphatic carbocycles. The van der Waals surface area contributed by atoms with Gasteiger partial charge in [0.2, 0.25) is 0 Å². The summed E-state index contributed by atoms with van der Waals surface area (Å²) in [4.78, 5) is 12.0. The van der Waals surface area contributed by atoms with Crippen molar-refractivity contribution in [1.82, 2.24) is 5.32 Å². The quantitative estimate of drug-likeness (QED) is 0.842. The molecule has 0 unspecified atom stereocenters. The van der Waals surface area contributed by atoms with Gasteiger partial charge in [0, 0.05) is 14.8 Å². The molecule has 2 aromatic rings. The first kappa shape index (κ1) is 12.8. The molecule has 0 atom stereocenters. The SMILES string of the molecule is C=C(NC(=O)c1ccc(I)cc1)c1ccccc1.